The summed E-state index contributed by atoms with van der Waals surface area (Å²) in [5.74, 6) is 0. The van der Waals surface area contributed by atoms with Crippen LogP contribution < -0.4 is 0 Å². The molecule has 0 aliphatic carbocycles. The van der Waals surface area contributed by atoms with E-state index in [0.717, 1.165) is 13.1 Å². The molecular formula is C10H20N2O3. The van der Waals surface area contributed by atoms with Crippen molar-refractivity contribution in [3.8, 4) is 0 Å². The van der Waals surface area contributed by atoms with E-state index in [1.54, 1.807) is 14.2 Å². The van der Waals surface area contributed by atoms with Crippen LogP contribution in [-0.2, 0) is 9.47 Å². The molecule has 0 aromatic carbocycles. The third-order valence-electron chi connectivity index (χ3n) is 2.63. The Bertz CT molecular complexity index is 211. The number of nitrogens with zero attached hydrogens (tertiary/aromatic N) is 2. The maximum atomic E-state index is 11.8. The molecule has 1 rings (SSSR count). The molecule has 5 heteroatoms. The lowest BCUT2D eigenvalue weighted by Crippen LogP contribution is -2.37. The Morgan fingerprint density at radius 2 is 2.00 bits per heavy atom. The Hall–Kier alpha value is -0.810. The summed E-state index contributed by atoms with van der Waals surface area (Å²) in [6.07, 6.45) is 0.0938. The Balaban J connectivity index is 2.35. The molecule has 1 aliphatic heterocycles. The predicted octanol–water partition coefficient (Wildman–Crippen LogP) is 0.405. The first-order valence-electron chi connectivity index (χ1n) is 5.24. The molecule has 0 bridgehead atoms. The average molecular weight is 216 g/mol. The van der Waals surface area contributed by atoms with Crippen LogP contribution in [0.1, 0.15) is 6.92 Å². The number of methoxy groups -OCH3 is 2. The molecule has 0 aromatic rings. The zero-order chi connectivity index (χ0) is 11.3. The van der Waals surface area contributed by atoms with Crippen LogP contribution in [0.5, 0.6) is 0 Å². The third kappa shape index (κ3) is 3.35. The van der Waals surface area contributed by atoms with Crippen molar-refractivity contribution in [2.75, 3.05) is 47.0 Å². The minimum absolute atomic E-state index is 0.0935. The molecule has 1 heterocycles. The molecule has 1 unspecified atom stereocenters. The van der Waals surface area contributed by atoms with E-state index in [-0.39, 0.29) is 12.1 Å². The van der Waals surface area contributed by atoms with Crippen molar-refractivity contribution in [3.05, 3.63) is 0 Å². The van der Waals surface area contributed by atoms with Crippen molar-refractivity contribution in [1.29, 1.82) is 0 Å². The highest BCUT2D eigenvalue weighted by atomic mass is 16.5. The first kappa shape index (κ1) is 12.3. The van der Waals surface area contributed by atoms with Gasteiger partial charge in [0.2, 0.25) is 0 Å². The molecular weight excluding hydrogens is 196 g/mol. The summed E-state index contributed by atoms with van der Waals surface area (Å²) in [6.45, 7) is 5.48. The Morgan fingerprint density at radius 3 is 2.60 bits per heavy atom. The summed E-state index contributed by atoms with van der Waals surface area (Å²) >= 11 is 0. The quantitative estimate of drug-likeness (QED) is 0.645. The summed E-state index contributed by atoms with van der Waals surface area (Å²) < 4.78 is 10.1. The smallest absolute Gasteiger partial charge is 0.320 e. The normalized spacial score (nSPS) is 18.7. The van der Waals surface area contributed by atoms with Gasteiger partial charge in [-0.1, -0.05) is 0 Å². The SMILES string of the molecule is COCCN1CCN(CC(C)OC)C1=O. The van der Waals surface area contributed by atoms with Crippen molar-refractivity contribution >= 4 is 6.03 Å². The summed E-state index contributed by atoms with van der Waals surface area (Å²) in [5, 5.41) is 0. The summed E-state index contributed by atoms with van der Waals surface area (Å²) in [5.41, 5.74) is 0. The molecule has 0 N–H and O–H groups in total. The van der Waals surface area contributed by atoms with Gasteiger partial charge in [0.15, 0.2) is 0 Å². The number of ether oxygens (including phenoxy) is 2. The average Bonchev–Trinajstić information content (AvgIpc) is 2.57. The Morgan fingerprint density at radius 1 is 1.33 bits per heavy atom. The zero-order valence-electron chi connectivity index (χ0n) is 9.73. The van der Waals surface area contributed by atoms with Gasteiger partial charge in [-0.05, 0) is 6.92 Å². The van der Waals surface area contributed by atoms with E-state index in [0.29, 0.717) is 19.7 Å². The lowest BCUT2D eigenvalue weighted by molar-refractivity contribution is 0.0894. The topological polar surface area (TPSA) is 42.0 Å². The highest BCUT2D eigenvalue weighted by molar-refractivity contribution is 5.76. The molecule has 5 nitrogen and oxygen atoms in total. The second-order valence-corrected chi connectivity index (χ2v) is 3.75. The zero-order valence-corrected chi connectivity index (χ0v) is 9.73. The molecule has 15 heavy (non-hydrogen) atoms. The largest absolute Gasteiger partial charge is 0.383 e. The predicted molar refractivity (Wildman–Crippen MR) is 56.9 cm³/mol. The first-order chi connectivity index (χ1) is 7.19. The molecule has 0 aromatic heterocycles. The van der Waals surface area contributed by atoms with Crippen LogP contribution >= 0.6 is 0 Å². The van der Waals surface area contributed by atoms with Crippen LogP contribution in [0.25, 0.3) is 0 Å². The molecule has 0 spiro atoms. The number of hydrogen-bond donors (Lipinski definition) is 0. The maximum absolute atomic E-state index is 11.8. The number of carbonyl (C=O) groups excluding carboxylic acids is 1. The second-order valence-electron chi connectivity index (χ2n) is 3.75. The van der Waals surface area contributed by atoms with Gasteiger partial charge in [-0.25, -0.2) is 4.79 Å². The highest BCUT2D eigenvalue weighted by Crippen LogP contribution is 2.09. The van der Waals surface area contributed by atoms with E-state index >= 15 is 0 Å². The van der Waals surface area contributed by atoms with Gasteiger partial charge in [0, 0.05) is 40.4 Å². The number of amides is 2. The maximum Gasteiger partial charge on any atom is 0.320 e. The molecule has 1 fully saturated rings. The third-order valence-corrected chi connectivity index (χ3v) is 2.63. The summed E-state index contributed by atoms with van der Waals surface area (Å²) in [4.78, 5) is 15.4. The van der Waals surface area contributed by atoms with Crippen LogP contribution in [0, 0.1) is 0 Å². The Kier molecular flexibility index (Phi) is 4.84. The van der Waals surface area contributed by atoms with E-state index in [1.807, 2.05) is 16.7 Å². The van der Waals surface area contributed by atoms with Crippen molar-refractivity contribution in [3.63, 3.8) is 0 Å². The molecule has 0 saturated carbocycles. The second kappa shape index (κ2) is 5.92. The van der Waals surface area contributed by atoms with Crippen molar-refractivity contribution in [1.82, 2.24) is 9.80 Å². The minimum Gasteiger partial charge on any atom is -0.383 e. The molecule has 1 saturated heterocycles. The fourth-order valence-electron chi connectivity index (χ4n) is 1.60. The lowest BCUT2D eigenvalue weighted by Gasteiger charge is -2.20. The van der Waals surface area contributed by atoms with Gasteiger partial charge < -0.3 is 19.3 Å². The van der Waals surface area contributed by atoms with Gasteiger partial charge in [-0.15, -0.1) is 0 Å². The van der Waals surface area contributed by atoms with Gasteiger partial charge in [0.1, 0.15) is 0 Å². The first-order valence-corrected chi connectivity index (χ1v) is 5.24. The van der Waals surface area contributed by atoms with E-state index < -0.39 is 0 Å². The van der Waals surface area contributed by atoms with Crippen molar-refractivity contribution in [2.24, 2.45) is 0 Å². The number of carbonyl (C=O) groups is 1. The number of hydrogen-bond acceptors (Lipinski definition) is 3. The van der Waals surface area contributed by atoms with E-state index in [9.17, 15) is 4.79 Å². The number of urea groups is 1. The molecule has 0 radical (unpaired) electrons. The van der Waals surface area contributed by atoms with Crippen LogP contribution in [0.4, 0.5) is 4.79 Å². The van der Waals surface area contributed by atoms with Gasteiger partial charge in [0.05, 0.1) is 12.7 Å². The van der Waals surface area contributed by atoms with Gasteiger partial charge in [0.25, 0.3) is 0 Å². The van der Waals surface area contributed by atoms with E-state index in [4.69, 9.17) is 9.47 Å². The van der Waals surface area contributed by atoms with Crippen LogP contribution in [0.3, 0.4) is 0 Å². The Labute approximate surface area is 90.9 Å². The van der Waals surface area contributed by atoms with Gasteiger partial charge in [-0.3, -0.25) is 0 Å². The highest BCUT2D eigenvalue weighted by Gasteiger charge is 2.28. The summed E-state index contributed by atoms with van der Waals surface area (Å²) in [7, 11) is 3.30. The molecule has 1 atom stereocenters. The van der Waals surface area contributed by atoms with E-state index in [1.165, 1.54) is 0 Å². The summed E-state index contributed by atoms with van der Waals surface area (Å²) in [6, 6.07) is 0.0935. The van der Waals surface area contributed by atoms with Crippen LogP contribution in [-0.4, -0.2) is 68.9 Å². The van der Waals surface area contributed by atoms with Gasteiger partial charge in [-0.2, -0.15) is 0 Å². The molecule has 1 aliphatic rings. The molecule has 2 amide bonds. The van der Waals surface area contributed by atoms with Gasteiger partial charge >= 0.3 is 6.03 Å². The minimum atomic E-state index is 0.0935. The standard InChI is InChI=1S/C10H20N2O3/c1-9(15-3)8-12-5-4-11(10(12)13)6-7-14-2/h9H,4-8H2,1-3H3. The fourth-order valence-corrected chi connectivity index (χ4v) is 1.60. The lowest BCUT2D eigenvalue weighted by atomic mass is 10.4. The van der Waals surface area contributed by atoms with Crippen LogP contribution in [0.2, 0.25) is 0 Å². The fraction of sp³-hybridized carbons (Fsp3) is 0.900. The molecule has 88 valence electrons. The van der Waals surface area contributed by atoms with E-state index in [2.05, 4.69) is 0 Å². The van der Waals surface area contributed by atoms with Crippen molar-refractivity contribution < 1.29 is 14.3 Å². The number of rotatable bonds is 6. The van der Waals surface area contributed by atoms with Crippen molar-refractivity contribution in [2.45, 2.75) is 13.0 Å². The monoisotopic (exact) mass is 216 g/mol. The van der Waals surface area contributed by atoms with Crippen LogP contribution in [0.15, 0.2) is 0 Å².